The molecule has 0 saturated carbocycles. The number of nitrogens with zero attached hydrogens (tertiary/aromatic N) is 1. The number of nitrogen functional groups attached to an aromatic ring is 1. The van der Waals surface area contributed by atoms with Gasteiger partial charge in [-0.1, -0.05) is 23.4 Å². The average molecular weight is 240 g/mol. The molecular weight excluding hydrogens is 230 g/mol. The van der Waals surface area contributed by atoms with E-state index in [0.29, 0.717) is 10.7 Å². The zero-order chi connectivity index (χ0) is 10.8. The number of nitrogens with one attached hydrogen (secondary N) is 1. The first kappa shape index (κ1) is 10.4. The highest BCUT2D eigenvalue weighted by atomic mass is 35.5. The first-order valence-corrected chi connectivity index (χ1v) is 5.59. The zero-order valence-corrected chi connectivity index (χ0v) is 9.69. The van der Waals surface area contributed by atoms with Crippen LogP contribution in [0.4, 0.5) is 5.69 Å². The second kappa shape index (κ2) is 4.16. The highest BCUT2D eigenvalue weighted by molar-refractivity contribution is 7.99. The number of halogens is 1. The van der Waals surface area contributed by atoms with Crippen LogP contribution in [0, 0.1) is 6.92 Å². The predicted molar refractivity (Wildman–Crippen MR) is 63.3 cm³/mol. The van der Waals surface area contributed by atoms with Gasteiger partial charge in [-0.2, -0.15) is 0 Å². The molecule has 15 heavy (non-hydrogen) atoms. The van der Waals surface area contributed by atoms with E-state index >= 15 is 0 Å². The third-order valence-electron chi connectivity index (χ3n) is 1.84. The Kier molecular flexibility index (Phi) is 2.88. The summed E-state index contributed by atoms with van der Waals surface area (Å²) in [6.07, 6.45) is 1.79. The van der Waals surface area contributed by atoms with Crippen LogP contribution in [0.3, 0.4) is 0 Å². The van der Waals surface area contributed by atoms with E-state index in [1.54, 1.807) is 12.3 Å². The van der Waals surface area contributed by atoms with Crippen molar-refractivity contribution in [1.29, 1.82) is 0 Å². The van der Waals surface area contributed by atoms with Crippen molar-refractivity contribution in [1.82, 2.24) is 9.97 Å². The molecule has 0 radical (unpaired) electrons. The number of benzene rings is 1. The monoisotopic (exact) mass is 239 g/mol. The maximum absolute atomic E-state index is 6.04. The van der Waals surface area contributed by atoms with E-state index in [-0.39, 0.29) is 0 Å². The molecule has 1 aromatic carbocycles. The van der Waals surface area contributed by atoms with Crippen molar-refractivity contribution in [3.8, 4) is 0 Å². The Morgan fingerprint density at radius 3 is 2.87 bits per heavy atom. The van der Waals surface area contributed by atoms with Crippen LogP contribution in [0.1, 0.15) is 5.69 Å². The number of imidazole rings is 1. The minimum absolute atomic E-state index is 0.647. The standard InChI is InChI=1S/C10H10ClN3S/c1-6-5-13-10(14-6)15-9-3-2-7(12)4-8(9)11/h2-5H,12H2,1H3,(H,13,14). The van der Waals surface area contributed by atoms with Crippen molar-refractivity contribution in [2.45, 2.75) is 17.0 Å². The predicted octanol–water partition coefficient (Wildman–Crippen LogP) is 3.10. The minimum Gasteiger partial charge on any atom is -0.399 e. The maximum Gasteiger partial charge on any atom is 0.170 e. The van der Waals surface area contributed by atoms with E-state index in [0.717, 1.165) is 15.7 Å². The van der Waals surface area contributed by atoms with Crippen LogP contribution in [0.15, 0.2) is 34.4 Å². The molecule has 0 unspecified atom stereocenters. The van der Waals surface area contributed by atoms with Crippen LogP contribution < -0.4 is 5.73 Å². The number of anilines is 1. The van der Waals surface area contributed by atoms with Gasteiger partial charge in [0.15, 0.2) is 5.16 Å². The van der Waals surface area contributed by atoms with Gasteiger partial charge in [0.25, 0.3) is 0 Å². The number of aromatic amines is 1. The fourth-order valence-electron chi connectivity index (χ4n) is 1.14. The van der Waals surface area contributed by atoms with E-state index in [4.69, 9.17) is 17.3 Å². The van der Waals surface area contributed by atoms with Gasteiger partial charge in [-0.25, -0.2) is 4.98 Å². The van der Waals surface area contributed by atoms with Gasteiger partial charge in [-0.3, -0.25) is 0 Å². The average Bonchev–Trinajstić information content (AvgIpc) is 2.56. The van der Waals surface area contributed by atoms with Crippen LogP contribution in [-0.2, 0) is 0 Å². The normalized spacial score (nSPS) is 10.5. The Labute approximate surface area is 97.0 Å². The molecule has 0 aliphatic carbocycles. The van der Waals surface area contributed by atoms with Crippen LogP contribution in [0.2, 0.25) is 5.02 Å². The smallest absolute Gasteiger partial charge is 0.170 e. The summed E-state index contributed by atoms with van der Waals surface area (Å²) in [7, 11) is 0. The topological polar surface area (TPSA) is 54.7 Å². The molecule has 0 fully saturated rings. The fourth-order valence-corrected chi connectivity index (χ4v) is 2.27. The van der Waals surface area contributed by atoms with Gasteiger partial charge in [-0.15, -0.1) is 0 Å². The highest BCUT2D eigenvalue weighted by Gasteiger charge is 2.05. The van der Waals surface area contributed by atoms with Crippen molar-refractivity contribution >= 4 is 29.1 Å². The van der Waals surface area contributed by atoms with Crippen molar-refractivity contribution in [3.05, 3.63) is 35.1 Å². The molecule has 0 atom stereocenters. The lowest BCUT2D eigenvalue weighted by Gasteiger charge is -2.02. The van der Waals surface area contributed by atoms with Crippen LogP contribution in [0.25, 0.3) is 0 Å². The highest BCUT2D eigenvalue weighted by Crippen LogP contribution is 2.32. The summed E-state index contributed by atoms with van der Waals surface area (Å²) in [6, 6.07) is 5.45. The van der Waals surface area contributed by atoms with Crippen molar-refractivity contribution < 1.29 is 0 Å². The quantitative estimate of drug-likeness (QED) is 0.792. The molecule has 0 spiro atoms. The second-order valence-electron chi connectivity index (χ2n) is 3.16. The minimum atomic E-state index is 0.647. The molecule has 0 aliphatic heterocycles. The molecule has 0 aliphatic rings. The first-order valence-electron chi connectivity index (χ1n) is 4.39. The fraction of sp³-hybridized carbons (Fsp3) is 0.100. The van der Waals surface area contributed by atoms with E-state index in [9.17, 15) is 0 Å². The number of hydrogen-bond acceptors (Lipinski definition) is 3. The number of H-pyrrole nitrogens is 1. The zero-order valence-electron chi connectivity index (χ0n) is 8.12. The van der Waals surface area contributed by atoms with E-state index in [2.05, 4.69) is 9.97 Å². The Balaban J connectivity index is 2.24. The summed E-state index contributed by atoms with van der Waals surface area (Å²) < 4.78 is 0. The lowest BCUT2D eigenvalue weighted by Crippen LogP contribution is -1.85. The molecule has 1 aromatic heterocycles. The Morgan fingerprint density at radius 2 is 2.27 bits per heavy atom. The van der Waals surface area contributed by atoms with Crippen molar-refractivity contribution in [2.24, 2.45) is 0 Å². The summed E-state index contributed by atoms with van der Waals surface area (Å²) in [6.45, 7) is 1.96. The van der Waals surface area contributed by atoms with Gasteiger partial charge in [0.2, 0.25) is 0 Å². The lowest BCUT2D eigenvalue weighted by molar-refractivity contribution is 1.04. The first-order chi connectivity index (χ1) is 7.15. The Hall–Kier alpha value is -1.13. The van der Waals surface area contributed by atoms with Gasteiger partial charge in [0.05, 0.1) is 5.02 Å². The SMILES string of the molecule is Cc1cnc(Sc2ccc(N)cc2Cl)[nH]1. The van der Waals surface area contributed by atoms with E-state index in [1.165, 1.54) is 11.8 Å². The maximum atomic E-state index is 6.04. The number of nitrogens with two attached hydrogens (primary N) is 1. The van der Waals surface area contributed by atoms with Crippen LogP contribution in [0.5, 0.6) is 0 Å². The summed E-state index contributed by atoms with van der Waals surface area (Å²) in [4.78, 5) is 8.27. The number of rotatable bonds is 2. The van der Waals surface area contributed by atoms with Gasteiger partial charge in [0.1, 0.15) is 0 Å². The number of aromatic nitrogens is 2. The molecule has 3 N–H and O–H groups in total. The van der Waals surface area contributed by atoms with Crippen molar-refractivity contribution in [2.75, 3.05) is 5.73 Å². The van der Waals surface area contributed by atoms with Gasteiger partial charge < -0.3 is 10.7 Å². The summed E-state index contributed by atoms with van der Waals surface area (Å²) in [5.74, 6) is 0. The van der Waals surface area contributed by atoms with E-state index < -0.39 is 0 Å². The molecule has 0 bridgehead atoms. The molecule has 1 heterocycles. The Morgan fingerprint density at radius 1 is 1.47 bits per heavy atom. The van der Waals surface area contributed by atoms with Crippen molar-refractivity contribution in [3.63, 3.8) is 0 Å². The molecular formula is C10H10ClN3S. The van der Waals surface area contributed by atoms with Crippen LogP contribution in [-0.4, -0.2) is 9.97 Å². The summed E-state index contributed by atoms with van der Waals surface area (Å²) >= 11 is 7.53. The third-order valence-corrected chi connectivity index (χ3v) is 3.24. The molecule has 5 heteroatoms. The lowest BCUT2D eigenvalue weighted by atomic mass is 10.3. The Bertz CT molecular complexity index is 481. The molecule has 0 saturated heterocycles. The number of aryl methyl sites for hydroxylation is 1. The summed E-state index contributed by atoms with van der Waals surface area (Å²) in [5, 5.41) is 1.48. The van der Waals surface area contributed by atoms with Gasteiger partial charge >= 0.3 is 0 Å². The molecule has 78 valence electrons. The molecule has 2 rings (SSSR count). The van der Waals surface area contributed by atoms with E-state index in [1.807, 2.05) is 19.1 Å². The van der Waals surface area contributed by atoms with Gasteiger partial charge in [0, 0.05) is 22.5 Å². The summed E-state index contributed by atoms with van der Waals surface area (Å²) in [5.41, 5.74) is 7.31. The van der Waals surface area contributed by atoms with Gasteiger partial charge in [-0.05, 0) is 25.1 Å². The third kappa shape index (κ3) is 2.46. The molecule has 3 nitrogen and oxygen atoms in total. The molecule has 0 amide bonds. The second-order valence-corrected chi connectivity index (χ2v) is 4.60. The molecule has 2 aromatic rings. The number of hydrogen-bond donors (Lipinski definition) is 2. The largest absolute Gasteiger partial charge is 0.399 e. The van der Waals surface area contributed by atoms with Crippen LogP contribution >= 0.6 is 23.4 Å².